The second-order valence-electron chi connectivity index (χ2n) is 4.47. The maximum atomic E-state index is 5.20. The van der Waals surface area contributed by atoms with Crippen LogP contribution in [0.1, 0.15) is 24.4 Å². The molecular weight excluding hydrogens is 290 g/mol. The number of rotatable bonds is 6. The van der Waals surface area contributed by atoms with Crippen LogP contribution in [0.4, 0.5) is 0 Å². The third-order valence-corrected chi connectivity index (χ3v) is 5.10. The monoisotopic (exact) mass is 309 g/mol. The van der Waals surface area contributed by atoms with Crippen molar-refractivity contribution in [2.45, 2.75) is 29.5 Å². The maximum absolute atomic E-state index is 5.20. The molecular formula is C14H19N3OS2. The molecule has 0 bridgehead atoms. The molecule has 1 aromatic heterocycles. The van der Waals surface area contributed by atoms with Gasteiger partial charge in [0.05, 0.1) is 7.11 Å². The van der Waals surface area contributed by atoms with Crippen LogP contribution in [-0.4, -0.2) is 28.8 Å². The molecule has 0 aliphatic rings. The van der Waals surface area contributed by atoms with E-state index in [1.165, 1.54) is 17.1 Å². The summed E-state index contributed by atoms with van der Waals surface area (Å²) in [6.07, 6.45) is 0. The van der Waals surface area contributed by atoms with Crippen LogP contribution in [0.2, 0.25) is 0 Å². The third kappa shape index (κ3) is 3.71. The Hall–Kier alpha value is -1.11. The topological polar surface area (TPSA) is 47.0 Å². The normalized spacial score (nSPS) is 14.0. The van der Waals surface area contributed by atoms with Crippen molar-refractivity contribution in [2.75, 3.05) is 14.2 Å². The van der Waals surface area contributed by atoms with Gasteiger partial charge in [-0.25, -0.2) is 4.98 Å². The van der Waals surface area contributed by atoms with Gasteiger partial charge in [0.25, 0.3) is 0 Å². The highest BCUT2D eigenvalue weighted by molar-refractivity contribution is 8.01. The lowest BCUT2D eigenvalue weighted by Gasteiger charge is -2.22. The molecule has 0 saturated heterocycles. The number of aromatic nitrogens is 2. The van der Waals surface area contributed by atoms with Gasteiger partial charge in [0.1, 0.15) is 11.6 Å². The summed E-state index contributed by atoms with van der Waals surface area (Å²) < 4.78 is 10.4. The van der Waals surface area contributed by atoms with Gasteiger partial charge in [-0.3, -0.25) is 0 Å². The summed E-state index contributed by atoms with van der Waals surface area (Å²) in [5.41, 5.74) is 1.24. The number of nitrogens with one attached hydrogen (secondary N) is 1. The molecule has 0 saturated carbocycles. The Kier molecular flexibility index (Phi) is 5.39. The van der Waals surface area contributed by atoms with E-state index in [1.54, 1.807) is 18.9 Å². The zero-order valence-electron chi connectivity index (χ0n) is 12.1. The molecule has 0 spiro atoms. The van der Waals surface area contributed by atoms with Crippen molar-refractivity contribution in [1.82, 2.24) is 14.7 Å². The van der Waals surface area contributed by atoms with E-state index < -0.39 is 0 Å². The van der Waals surface area contributed by atoms with Gasteiger partial charge >= 0.3 is 0 Å². The molecule has 0 amide bonds. The Labute approximate surface area is 128 Å². The molecule has 4 nitrogen and oxygen atoms in total. The van der Waals surface area contributed by atoms with Crippen LogP contribution in [-0.2, 0) is 0 Å². The summed E-state index contributed by atoms with van der Waals surface area (Å²) in [4.78, 5) is 4.41. The van der Waals surface area contributed by atoms with Crippen molar-refractivity contribution in [1.29, 1.82) is 0 Å². The van der Waals surface area contributed by atoms with Crippen molar-refractivity contribution in [3.05, 3.63) is 35.7 Å². The van der Waals surface area contributed by atoms with E-state index in [4.69, 9.17) is 4.74 Å². The molecule has 2 atom stereocenters. The Morgan fingerprint density at radius 3 is 2.50 bits per heavy atom. The molecule has 2 rings (SSSR count). The molecule has 108 valence electrons. The highest BCUT2D eigenvalue weighted by Gasteiger charge is 2.20. The van der Waals surface area contributed by atoms with Crippen molar-refractivity contribution in [3.8, 4) is 5.75 Å². The van der Waals surface area contributed by atoms with Crippen molar-refractivity contribution < 1.29 is 4.74 Å². The largest absolute Gasteiger partial charge is 0.497 e. The summed E-state index contributed by atoms with van der Waals surface area (Å²) in [7, 11) is 3.66. The Morgan fingerprint density at radius 2 is 2.00 bits per heavy atom. The van der Waals surface area contributed by atoms with Crippen LogP contribution in [0, 0.1) is 6.92 Å². The van der Waals surface area contributed by atoms with Gasteiger partial charge in [-0.05, 0) is 43.2 Å². The van der Waals surface area contributed by atoms with E-state index in [0.717, 1.165) is 15.9 Å². The zero-order valence-corrected chi connectivity index (χ0v) is 13.7. The average molecular weight is 309 g/mol. The molecule has 2 aromatic rings. The first-order chi connectivity index (χ1) is 9.63. The first kappa shape index (κ1) is 15.3. The fourth-order valence-electron chi connectivity index (χ4n) is 2.04. The highest BCUT2D eigenvalue weighted by atomic mass is 32.2. The van der Waals surface area contributed by atoms with Gasteiger partial charge < -0.3 is 10.1 Å². The average Bonchev–Trinajstić information content (AvgIpc) is 2.85. The Morgan fingerprint density at radius 1 is 1.30 bits per heavy atom. The van der Waals surface area contributed by atoms with E-state index >= 15 is 0 Å². The van der Waals surface area contributed by atoms with Crippen molar-refractivity contribution in [2.24, 2.45) is 0 Å². The van der Waals surface area contributed by atoms with Gasteiger partial charge in [-0.1, -0.05) is 30.8 Å². The van der Waals surface area contributed by atoms with E-state index in [1.807, 2.05) is 26.1 Å². The smallest absolute Gasteiger partial charge is 0.170 e. The van der Waals surface area contributed by atoms with Crippen LogP contribution in [0.3, 0.4) is 0 Å². The van der Waals surface area contributed by atoms with Crippen molar-refractivity contribution in [3.63, 3.8) is 0 Å². The van der Waals surface area contributed by atoms with Gasteiger partial charge in [-0.2, -0.15) is 4.37 Å². The number of methoxy groups -OCH3 is 1. The SMILES string of the molecule is CNC(c1ccc(OC)cc1)C(C)Sc1nc(C)ns1. The second-order valence-corrected chi connectivity index (χ2v) is 6.85. The Balaban J connectivity index is 2.09. The number of hydrogen-bond acceptors (Lipinski definition) is 6. The first-order valence-corrected chi connectivity index (χ1v) is 8.07. The fraction of sp³-hybridized carbons (Fsp3) is 0.429. The third-order valence-electron chi connectivity index (χ3n) is 3.05. The summed E-state index contributed by atoms with van der Waals surface area (Å²) in [5, 5.41) is 3.74. The second kappa shape index (κ2) is 7.06. The number of thioether (sulfide) groups is 1. The van der Waals surface area contributed by atoms with E-state index in [9.17, 15) is 0 Å². The van der Waals surface area contributed by atoms with Gasteiger partial charge in [0, 0.05) is 11.3 Å². The minimum absolute atomic E-state index is 0.259. The quantitative estimate of drug-likeness (QED) is 0.830. The molecule has 6 heteroatoms. The number of benzene rings is 1. The molecule has 2 unspecified atom stereocenters. The molecule has 1 heterocycles. The maximum Gasteiger partial charge on any atom is 0.170 e. The fourth-order valence-corrected chi connectivity index (χ4v) is 4.13. The molecule has 1 aromatic carbocycles. The predicted octanol–water partition coefficient (Wildman–Crippen LogP) is 3.30. The van der Waals surface area contributed by atoms with E-state index in [2.05, 4.69) is 33.7 Å². The highest BCUT2D eigenvalue weighted by Crippen LogP contribution is 2.33. The Bertz CT molecular complexity index is 542. The van der Waals surface area contributed by atoms with Crippen molar-refractivity contribution >= 4 is 23.3 Å². The lowest BCUT2D eigenvalue weighted by atomic mass is 10.0. The number of ether oxygens (including phenoxy) is 1. The van der Waals surface area contributed by atoms with Crippen LogP contribution >= 0.6 is 23.3 Å². The molecule has 0 radical (unpaired) electrons. The lowest BCUT2D eigenvalue weighted by Crippen LogP contribution is -2.25. The predicted molar refractivity (Wildman–Crippen MR) is 84.8 cm³/mol. The number of hydrogen-bond donors (Lipinski definition) is 1. The van der Waals surface area contributed by atoms with Crippen LogP contribution in [0.25, 0.3) is 0 Å². The van der Waals surface area contributed by atoms with E-state index in [0.29, 0.717) is 5.25 Å². The minimum atomic E-state index is 0.259. The van der Waals surface area contributed by atoms with Gasteiger partial charge in [-0.15, -0.1) is 0 Å². The molecule has 0 aliphatic heterocycles. The van der Waals surface area contributed by atoms with Crippen LogP contribution in [0.5, 0.6) is 5.75 Å². The van der Waals surface area contributed by atoms with Gasteiger partial charge in [0.2, 0.25) is 0 Å². The standard InChI is InChI=1S/C14H19N3OS2/c1-9(19-14-16-10(2)17-20-14)13(15-3)11-5-7-12(18-4)8-6-11/h5-9,13,15H,1-4H3. The van der Waals surface area contributed by atoms with Crippen LogP contribution < -0.4 is 10.1 Å². The van der Waals surface area contributed by atoms with Crippen LogP contribution in [0.15, 0.2) is 28.6 Å². The molecule has 0 fully saturated rings. The lowest BCUT2D eigenvalue weighted by molar-refractivity contribution is 0.414. The summed E-state index contributed by atoms with van der Waals surface area (Å²) >= 11 is 3.21. The summed E-state index contributed by atoms with van der Waals surface area (Å²) in [6, 6.07) is 8.44. The summed E-state index contributed by atoms with van der Waals surface area (Å²) in [5.74, 6) is 1.72. The minimum Gasteiger partial charge on any atom is -0.497 e. The molecule has 1 N–H and O–H groups in total. The molecule has 0 aliphatic carbocycles. The number of aryl methyl sites for hydroxylation is 1. The first-order valence-electron chi connectivity index (χ1n) is 6.42. The zero-order chi connectivity index (χ0) is 14.5. The number of nitrogens with zero attached hydrogens (tertiary/aromatic N) is 2. The van der Waals surface area contributed by atoms with Gasteiger partial charge in [0.15, 0.2) is 4.34 Å². The summed E-state index contributed by atoms with van der Waals surface area (Å²) in [6.45, 7) is 4.12. The van der Waals surface area contributed by atoms with E-state index in [-0.39, 0.29) is 6.04 Å². The molecule has 20 heavy (non-hydrogen) atoms.